The molecule has 1 N–H and O–H groups in total. The number of hydrogen-bond acceptors (Lipinski definition) is 5. The second-order valence-corrected chi connectivity index (χ2v) is 9.05. The number of thiophene rings is 2. The first-order chi connectivity index (χ1) is 12.1. The van der Waals surface area contributed by atoms with E-state index >= 15 is 0 Å². The maximum atomic E-state index is 12.7. The minimum absolute atomic E-state index is 0.0452. The Morgan fingerprint density at radius 3 is 2.92 bits per heavy atom. The number of rotatable bonds is 5. The fourth-order valence-electron chi connectivity index (χ4n) is 3.71. The lowest BCUT2D eigenvalue weighted by Gasteiger charge is -2.35. The molecular weight excluding hydrogens is 350 g/mol. The van der Waals surface area contributed by atoms with E-state index in [1.165, 1.54) is 15.3 Å². The van der Waals surface area contributed by atoms with Crippen LogP contribution in [0.1, 0.15) is 41.1 Å². The van der Waals surface area contributed by atoms with Crippen molar-refractivity contribution in [1.82, 2.24) is 10.2 Å². The molecule has 1 saturated carbocycles. The summed E-state index contributed by atoms with van der Waals surface area (Å²) in [6.45, 7) is 3.06. The predicted molar refractivity (Wildman–Crippen MR) is 101 cm³/mol. The van der Waals surface area contributed by atoms with E-state index in [1.807, 2.05) is 18.3 Å². The summed E-state index contributed by atoms with van der Waals surface area (Å²) in [5.74, 6) is 0.260. The minimum Gasteiger partial charge on any atom is -0.337 e. The second kappa shape index (κ2) is 6.56. The molecule has 25 heavy (non-hydrogen) atoms. The third kappa shape index (κ3) is 3.24. The number of carbonyl (C=O) groups excluding carboxylic acids is 1. The van der Waals surface area contributed by atoms with Crippen LogP contribution in [0.2, 0.25) is 0 Å². The van der Waals surface area contributed by atoms with Gasteiger partial charge < -0.3 is 5.32 Å². The Hall–Kier alpha value is -1.68. The number of fused-ring (bicyclic) bond motifs is 1. The topological polar surface area (TPSA) is 56.1 Å². The van der Waals surface area contributed by atoms with E-state index in [0.29, 0.717) is 12.5 Å². The number of hydrogen-bond donors (Lipinski definition) is 1. The SMILES string of the molecule is C[C@](C#N)(NC(=O)CN1CCc2sccc2[C@@H]1c1cccs1)C1CC1. The zero-order valence-corrected chi connectivity index (χ0v) is 15.8. The standard InChI is InChI=1S/C19H21N3OS2/c1-19(12-20,13-4-5-13)21-17(23)11-22-8-6-15-14(7-10-25-15)18(22)16-3-2-9-24-16/h2-3,7,9-10,13,18H,4-6,8,11H2,1H3,(H,21,23)/t18-,19-/m1/s1. The van der Waals surface area contributed by atoms with E-state index in [2.05, 4.69) is 45.2 Å². The maximum Gasteiger partial charge on any atom is 0.235 e. The minimum atomic E-state index is -0.723. The van der Waals surface area contributed by atoms with Gasteiger partial charge in [-0.2, -0.15) is 5.26 Å². The monoisotopic (exact) mass is 371 g/mol. The van der Waals surface area contributed by atoms with Gasteiger partial charge in [-0.1, -0.05) is 6.07 Å². The molecule has 3 heterocycles. The van der Waals surface area contributed by atoms with Crippen molar-refractivity contribution >= 4 is 28.6 Å². The van der Waals surface area contributed by atoms with Gasteiger partial charge in [0.1, 0.15) is 5.54 Å². The van der Waals surface area contributed by atoms with Crippen molar-refractivity contribution < 1.29 is 4.79 Å². The molecule has 0 aromatic carbocycles. The maximum absolute atomic E-state index is 12.7. The molecule has 0 radical (unpaired) electrons. The zero-order chi connectivity index (χ0) is 17.4. The summed E-state index contributed by atoms with van der Waals surface area (Å²) in [5, 5.41) is 16.7. The Kier molecular flexibility index (Phi) is 4.40. The number of nitrogens with zero attached hydrogens (tertiary/aromatic N) is 2. The van der Waals surface area contributed by atoms with Gasteiger partial charge in [-0.25, -0.2) is 0 Å². The van der Waals surface area contributed by atoms with Crippen molar-refractivity contribution in [3.05, 3.63) is 44.3 Å². The molecule has 1 fully saturated rings. The van der Waals surface area contributed by atoms with E-state index < -0.39 is 5.54 Å². The summed E-state index contributed by atoms with van der Waals surface area (Å²) in [4.78, 5) is 17.6. The largest absolute Gasteiger partial charge is 0.337 e. The van der Waals surface area contributed by atoms with E-state index in [4.69, 9.17) is 0 Å². The van der Waals surface area contributed by atoms with E-state index in [-0.39, 0.29) is 11.9 Å². The highest BCUT2D eigenvalue weighted by atomic mass is 32.1. The highest BCUT2D eigenvalue weighted by molar-refractivity contribution is 7.10. The fourth-order valence-corrected chi connectivity index (χ4v) is 5.49. The zero-order valence-electron chi connectivity index (χ0n) is 14.2. The Morgan fingerprint density at radius 2 is 2.24 bits per heavy atom. The molecule has 1 aliphatic carbocycles. The molecule has 4 nitrogen and oxygen atoms in total. The predicted octanol–water partition coefficient (Wildman–Crippen LogP) is 3.57. The van der Waals surface area contributed by atoms with Crippen molar-refractivity contribution in [1.29, 1.82) is 5.26 Å². The average molecular weight is 372 g/mol. The van der Waals surface area contributed by atoms with Crippen molar-refractivity contribution in [2.24, 2.45) is 5.92 Å². The molecular formula is C19H21N3OS2. The third-order valence-electron chi connectivity index (χ3n) is 5.25. The van der Waals surface area contributed by atoms with Crippen LogP contribution in [0.25, 0.3) is 0 Å². The van der Waals surface area contributed by atoms with Crippen LogP contribution in [0.15, 0.2) is 29.0 Å². The first kappa shape index (κ1) is 16.8. The van der Waals surface area contributed by atoms with Crippen molar-refractivity contribution in [3.63, 3.8) is 0 Å². The highest BCUT2D eigenvalue weighted by Gasteiger charge is 2.43. The summed E-state index contributed by atoms with van der Waals surface area (Å²) in [7, 11) is 0. The molecule has 130 valence electrons. The molecule has 0 saturated heterocycles. The van der Waals surface area contributed by atoms with Crippen molar-refractivity contribution in [2.45, 2.75) is 37.8 Å². The van der Waals surface area contributed by atoms with Gasteiger partial charge >= 0.3 is 0 Å². The number of nitriles is 1. The molecule has 2 aromatic heterocycles. The molecule has 0 bridgehead atoms. The van der Waals surface area contributed by atoms with Crippen LogP contribution in [-0.2, 0) is 11.2 Å². The van der Waals surface area contributed by atoms with Crippen LogP contribution < -0.4 is 5.32 Å². The summed E-state index contributed by atoms with van der Waals surface area (Å²) in [6, 6.07) is 8.87. The van der Waals surface area contributed by atoms with Crippen molar-refractivity contribution in [2.75, 3.05) is 13.1 Å². The summed E-state index contributed by atoms with van der Waals surface area (Å²) >= 11 is 3.55. The number of nitrogens with one attached hydrogen (secondary N) is 1. The number of amides is 1. The highest BCUT2D eigenvalue weighted by Crippen LogP contribution is 2.40. The first-order valence-corrected chi connectivity index (χ1v) is 10.4. The normalized spacial score (nSPS) is 22.6. The fraction of sp³-hybridized carbons (Fsp3) is 0.474. The van der Waals surface area contributed by atoms with Gasteiger partial charge in [0.05, 0.1) is 18.7 Å². The smallest absolute Gasteiger partial charge is 0.235 e. The van der Waals surface area contributed by atoms with E-state index in [1.54, 1.807) is 11.3 Å². The van der Waals surface area contributed by atoms with Crippen LogP contribution in [0.4, 0.5) is 0 Å². The lowest BCUT2D eigenvalue weighted by Crippen LogP contribution is -2.51. The lowest BCUT2D eigenvalue weighted by atomic mass is 9.97. The van der Waals surface area contributed by atoms with Gasteiger partial charge in [0, 0.05) is 16.3 Å². The Labute approximate surface area is 156 Å². The quantitative estimate of drug-likeness (QED) is 0.874. The molecule has 4 rings (SSSR count). The molecule has 2 atom stereocenters. The summed E-state index contributed by atoms with van der Waals surface area (Å²) < 4.78 is 0. The molecule has 6 heteroatoms. The summed E-state index contributed by atoms with van der Waals surface area (Å²) in [5.41, 5.74) is 0.607. The molecule has 0 spiro atoms. The van der Waals surface area contributed by atoms with Crippen LogP contribution in [0.5, 0.6) is 0 Å². The van der Waals surface area contributed by atoms with Gasteiger partial charge in [-0.15, -0.1) is 22.7 Å². The molecule has 2 aliphatic rings. The number of carbonyl (C=O) groups is 1. The van der Waals surface area contributed by atoms with Gasteiger partial charge in [-0.3, -0.25) is 9.69 Å². The average Bonchev–Trinajstić information content (AvgIpc) is 3.13. The second-order valence-electron chi connectivity index (χ2n) is 7.07. The van der Waals surface area contributed by atoms with Crippen molar-refractivity contribution in [3.8, 4) is 6.07 Å². The van der Waals surface area contributed by atoms with E-state index in [0.717, 1.165) is 25.8 Å². The van der Waals surface area contributed by atoms with Crippen LogP contribution >= 0.6 is 22.7 Å². The van der Waals surface area contributed by atoms with Crippen LogP contribution in [0, 0.1) is 17.2 Å². The molecule has 1 aliphatic heterocycles. The first-order valence-electron chi connectivity index (χ1n) is 8.67. The Bertz CT molecular complexity index is 803. The third-order valence-corrected chi connectivity index (χ3v) is 7.17. The van der Waals surface area contributed by atoms with E-state index in [9.17, 15) is 10.1 Å². The molecule has 1 amide bonds. The van der Waals surface area contributed by atoms with Gasteiger partial charge in [0.15, 0.2) is 0 Å². The Balaban J connectivity index is 1.53. The van der Waals surface area contributed by atoms with Gasteiger partial charge in [-0.05, 0) is 60.6 Å². The molecule has 0 unspecified atom stereocenters. The van der Waals surface area contributed by atoms with Crippen LogP contribution in [0.3, 0.4) is 0 Å². The summed E-state index contributed by atoms with van der Waals surface area (Å²) in [6.07, 6.45) is 3.05. The Morgan fingerprint density at radius 1 is 1.40 bits per heavy atom. The van der Waals surface area contributed by atoms with Gasteiger partial charge in [0.25, 0.3) is 0 Å². The van der Waals surface area contributed by atoms with Gasteiger partial charge in [0.2, 0.25) is 5.91 Å². The lowest BCUT2D eigenvalue weighted by molar-refractivity contribution is -0.124. The molecule has 2 aromatic rings. The van der Waals surface area contributed by atoms with Crippen LogP contribution in [-0.4, -0.2) is 29.4 Å².